The van der Waals surface area contributed by atoms with E-state index < -0.39 is 0 Å². The molecule has 0 bridgehead atoms. The number of nitrogens with zero attached hydrogens (tertiary/aromatic N) is 3. The molecule has 0 saturated heterocycles. The Morgan fingerprint density at radius 2 is 2.10 bits per heavy atom. The van der Waals surface area contributed by atoms with E-state index in [0.717, 1.165) is 17.4 Å². The minimum Gasteiger partial charge on any atom is -0.379 e. The van der Waals surface area contributed by atoms with Gasteiger partial charge in [-0.05, 0) is 43.4 Å². The number of hydrogen-bond acceptors (Lipinski definition) is 3. The molecule has 0 spiro atoms. The first-order valence-electron chi connectivity index (χ1n) is 7.54. The van der Waals surface area contributed by atoms with Crippen molar-refractivity contribution in [2.45, 2.75) is 45.1 Å². The molecule has 2 atom stereocenters. The molecule has 2 heterocycles. The predicted octanol–water partition coefficient (Wildman–Crippen LogP) is 3.65. The number of aromatic nitrogens is 3. The summed E-state index contributed by atoms with van der Waals surface area (Å²) in [4.78, 5) is 4.46. The van der Waals surface area contributed by atoms with Crippen molar-refractivity contribution in [3.8, 4) is 5.82 Å². The van der Waals surface area contributed by atoms with Crippen LogP contribution in [0.1, 0.15) is 39.0 Å². The maximum absolute atomic E-state index is 4.46. The van der Waals surface area contributed by atoms with Gasteiger partial charge in [0.15, 0.2) is 5.82 Å². The summed E-state index contributed by atoms with van der Waals surface area (Å²) in [7, 11) is 0. The quantitative estimate of drug-likeness (QED) is 0.866. The van der Waals surface area contributed by atoms with E-state index in [0.29, 0.717) is 6.04 Å². The molecule has 0 amide bonds. The van der Waals surface area contributed by atoms with Gasteiger partial charge in [0.1, 0.15) is 0 Å². The van der Waals surface area contributed by atoms with Crippen molar-refractivity contribution in [3.05, 3.63) is 36.8 Å². The summed E-state index contributed by atoms with van der Waals surface area (Å²) in [5.74, 6) is 1.75. The van der Waals surface area contributed by atoms with Gasteiger partial charge in [0, 0.05) is 24.6 Å². The fraction of sp³-hybridized carbons (Fsp3) is 0.500. The second-order valence-corrected chi connectivity index (χ2v) is 5.78. The minimum absolute atomic E-state index is 0.554. The van der Waals surface area contributed by atoms with Crippen LogP contribution in [-0.2, 0) is 0 Å². The summed E-state index contributed by atoms with van der Waals surface area (Å²) < 4.78 is 1.82. The van der Waals surface area contributed by atoms with E-state index in [2.05, 4.69) is 28.4 Å². The van der Waals surface area contributed by atoms with Gasteiger partial charge in [0.25, 0.3) is 0 Å². The highest BCUT2D eigenvalue weighted by atomic mass is 15.3. The molecule has 1 N–H and O–H groups in total. The first kappa shape index (κ1) is 13.2. The molecule has 4 nitrogen and oxygen atoms in total. The Kier molecular flexibility index (Phi) is 4.00. The lowest BCUT2D eigenvalue weighted by Gasteiger charge is -2.19. The lowest BCUT2D eigenvalue weighted by molar-refractivity contribution is 0.502. The van der Waals surface area contributed by atoms with Crippen LogP contribution in [0.2, 0.25) is 0 Å². The van der Waals surface area contributed by atoms with Crippen LogP contribution in [0.25, 0.3) is 5.82 Å². The van der Waals surface area contributed by atoms with Crippen LogP contribution in [0.4, 0.5) is 5.69 Å². The Labute approximate surface area is 120 Å². The van der Waals surface area contributed by atoms with Crippen LogP contribution in [-0.4, -0.2) is 20.8 Å². The number of anilines is 1. The van der Waals surface area contributed by atoms with Crippen molar-refractivity contribution in [1.29, 1.82) is 0 Å². The molecule has 1 aliphatic rings. The number of hydrogen-bond donors (Lipinski definition) is 1. The van der Waals surface area contributed by atoms with Crippen molar-refractivity contribution in [2.75, 3.05) is 5.32 Å². The van der Waals surface area contributed by atoms with Gasteiger partial charge < -0.3 is 5.32 Å². The van der Waals surface area contributed by atoms with Crippen molar-refractivity contribution < 1.29 is 0 Å². The largest absolute Gasteiger partial charge is 0.379 e. The summed E-state index contributed by atoms with van der Waals surface area (Å²) in [6.07, 6.45) is 12.0. The van der Waals surface area contributed by atoms with Crippen molar-refractivity contribution in [3.63, 3.8) is 0 Å². The maximum Gasteiger partial charge on any atom is 0.176 e. The molecule has 2 aromatic rings. The fourth-order valence-electron chi connectivity index (χ4n) is 2.94. The summed E-state index contributed by atoms with van der Waals surface area (Å²) >= 11 is 0. The molecule has 0 radical (unpaired) electrons. The first-order valence-corrected chi connectivity index (χ1v) is 7.54. The predicted molar refractivity (Wildman–Crippen MR) is 81.0 cm³/mol. The molecule has 2 unspecified atom stereocenters. The highest BCUT2D eigenvalue weighted by molar-refractivity contribution is 5.56. The molecule has 0 aliphatic heterocycles. The van der Waals surface area contributed by atoms with Gasteiger partial charge in [0.05, 0.1) is 5.69 Å². The van der Waals surface area contributed by atoms with Crippen LogP contribution in [0.3, 0.4) is 0 Å². The number of nitrogens with one attached hydrogen (secondary N) is 1. The third-order valence-corrected chi connectivity index (χ3v) is 4.13. The second-order valence-electron chi connectivity index (χ2n) is 5.78. The Morgan fingerprint density at radius 1 is 1.15 bits per heavy atom. The topological polar surface area (TPSA) is 42.7 Å². The number of rotatable bonds is 3. The van der Waals surface area contributed by atoms with E-state index in [4.69, 9.17) is 0 Å². The molecular weight excluding hydrogens is 248 g/mol. The molecule has 2 aromatic heterocycles. The van der Waals surface area contributed by atoms with Gasteiger partial charge in [-0.25, -0.2) is 9.67 Å². The second kappa shape index (κ2) is 6.07. The monoisotopic (exact) mass is 270 g/mol. The molecule has 1 fully saturated rings. The standard InChI is InChI=1S/C16H22N4/c1-13-5-2-6-14(9-8-13)19-15-7-3-10-17-16(15)20-12-4-11-18-20/h3-4,7,10-14,19H,2,5-6,8-9H2,1H3. The molecule has 3 rings (SSSR count). The van der Waals surface area contributed by atoms with Crippen LogP contribution >= 0.6 is 0 Å². The number of pyridine rings is 1. The molecule has 1 saturated carbocycles. The summed E-state index contributed by atoms with van der Waals surface area (Å²) in [5.41, 5.74) is 1.08. The highest BCUT2D eigenvalue weighted by Gasteiger charge is 2.17. The van der Waals surface area contributed by atoms with Gasteiger partial charge in [-0.1, -0.05) is 19.8 Å². The molecule has 1 aliphatic carbocycles. The van der Waals surface area contributed by atoms with Crippen molar-refractivity contribution >= 4 is 5.69 Å². The van der Waals surface area contributed by atoms with Gasteiger partial charge >= 0.3 is 0 Å². The summed E-state index contributed by atoms with van der Waals surface area (Å²) in [5, 5.41) is 7.96. The zero-order valence-electron chi connectivity index (χ0n) is 12.0. The normalized spacial score (nSPS) is 23.2. The van der Waals surface area contributed by atoms with Gasteiger partial charge in [0.2, 0.25) is 0 Å². The Hall–Kier alpha value is -1.84. The SMILES string of the molecule is CC1CCCC(Nc2cccnc2-n2cccn2)CC1. The molecule has 106 valence electrons. The maximum atomic E-state index is 4.46. The van der Waals surface area contributed by atoms with Crippen LogP contribution < -0.4 is 5.32 Å². The molecule has 4 heteroatoms. The van der Waals surface area contributed by atoms with Gasteiger partial charge in [-0.15, -0.1) is 0 Å². The first-order chi connectivity index (χ1) is 9.83. The average Bonchev–Trinajstić information content (AvgIpc) is 2.91. The van der Waals surface area contributed by atoms with Gasteiger partial charge in [-0.3, -0.25) is 0 Å². The molecule has 20 heavy (non-hydrogen) atoms. The Balaban J connectivity index is 1.77. The third-order valence-electron chi connectivity index (χ3n) is 4.13. The Bertz CT molecular complexity index is 535. The van der Waals surface area contributed by atoms with E-state index >= 15 is 0 Å². The van der Waals surface area contributed by atoms with Crippen molar-refractivity contribution in [1.82, 2.24) is 14.8 Å². The van der Waals surface area contributed by atoms with E-state index in [1.165, 1.54) is 32.1 Å². The zero-order chi connectivity index (χ0) is 13.8. The van der Waals surface area contributed by atoms with E-state index in [-0.39, 0.29) is 0 Å². The fourth-order valence-corrected chi connectivity index (χ4v) is 2.94. The lowest BCUT2D eigenvalue weighted by atomic mass is 10.0. The van der Waals surface area contributed by atoms with Gasteiger partial charge in [-0.2, -0.15) is 5.10 Å². The highest BCUT2D eigenvalue weighted by Crippen LogP contribution is 2.26. The van der Waals surface area contributed by atoms with E-state index in [1.807, 2.05) is 29.2 Å². The third kappa shape index (κ3) is 3.00. The van der Waals surface area contributed by atoms with E-state index in [9.17, 15) is 0 Å². The smallest absolute Gasteiger partial charge is 0.176 e. The zero-order valence-corrected chi connectivity index (χ0v) is 12.0. The summed E-state index contributed by atoms with van der Waals surface area (Å²) in [6.45, 7) is 2.36. The van der Waals surface area contributed by atoms with Crippen LogP contribution in [0.5, 0.6) is 0 Å². The average molecular weight is 270 g/mol. The Morgan fingerprint density at radius 3 is 2.95 bits per heavy atom. The molecule has 0 aromatic carbocycles. The van der Waals surface area contributed by atoms with Crippen molar-refractivity contribution in [2.24, 2.45) is 5.92 Å². The van der Waals surface area contributed by atoms with E-state index in [1.54, 1.807) is 6.20 Å². The lowest BCUT2D eigenvalue weighted by Crippen LogP contribution is -2.20. The van der Waals surface area contributed by atoms with Crippen LogP contribution in [0, 0.1) is 5.92 Å². The molecular formula is C16H22N4. The summed E-state index contributed by atoms with van der Waals surface area (Å²) in [6, 6.07) is 6.55. The van der Waals surface area contributed by atoms with Crippen LogP contribution in [0.15, 0.2) is 36.8 Å². The minimum atomic E-state index is 0.554.